The summed E-state index contributed by atoms with van der Waals surface area (Å²) in [7, 11) is 1.54. The third-order valence-electron chi connectivity index (χ3n) is 2.81. The Morgan fingerprint density at radius 2 is 2.05 bits per heavy atom. The van der Waals surface area contributed by atoms with Crippen LogP contribution in [-0.2, 0) is 6.18 Å². The van der Waals surface area contributed by atoms with Crippen LogP contribution in [0.15, 0.2) is 24.4 Å². The monoisotopic (exact) mass is 313 g/mol. The maximum absolute atomic E-state index is 12.7. The topological polar surface area (TPSA) is 70.2 Å². The lowest BCUT2D eigenvalue weighted by atomic mass is 10.2. The number of nitrogens with zero attached hydrogens (tertiary/aromatic N) is 3. The number of hydrogen-bond acceptors (Lipinski definition) is 4. The minimum Gasteiger partial charge on any atom is -0.337 e. The minimum absolute atomic E-state index is 0.143. The number of anilines is 1. The lowest BCUT2D eigenvalue weighted by molar-refractivity contribution is -0.140. The molecule has 0 fully saturated rings. The van der Waals surface area contributed by atoms with Gasteiger partial charge in [0, 0.05) is 25.2 Å². The maximum Gasteiger partial charge on any atom is 0.433 e. The standard InChI is InChI=1S/C13H14F3N5O/c1-3-17-12(22)20-21(2)11-8-4-5-10(13(14,15)16)19-9(8)6-7-18-11/h4-7H,3H2,1-2H3,(H2,17,20,22). The van der Waals surface area contributed by atoms with Gasteiger partial charge in [-0.25, -0.2) is 20.2 Å². The van der Waals surface area contributed by atoms with Gasteiger partial charge < -0.3 is 5.32 Å². The van der Waals surface area contributed by atoms with E-state index in [4.69, 9.17) is 0 Å². The SMILES string of the molecule is CCNC(=O)NN(C)c1nccc2nc(C(F)(F)F)ccc12. The van der Waals surface area contributed by atoms with Gasteiger partial charge in [0.15, 0.2) is 5.82 Å². The number of carbonyl (C=O) groups excluding carboxylic acids is 1. The van der Waals surface area contributed by atoms with E-state index in [1.807, 2.05) is 0 Å². The van der Waals surface area contributed by atoms with E-state index in [9.17, 15) is 18.0 Å². The van der Waals surface area contributed by atoms with Gasteiger partial charge in [-0.1, -0.05) is 0 Å². The molecule has 0 aliphatic heterocycles. The van der Waals surface area contributed by atoms with Crippen LogP contribution in [0.1, 0.15) is 12.6 Å². The second-order valence-corrected chi connectivity index (χ2v) is 4.43. The number of alkyl halides is 3. The number of rotatable bonds is 3. The van der Waals surface area contributed by atoms with Gasteiger partial charge in [0.1, 0.15) is 5.69 Å². The molecule has 0 atom stereocenters. The Morgan fingerprint density at radius 3 is 2.68 bits per heavy atom. The van der Waals surface area contributed by atoms with E-state index in [1.54, 1.807) is 6.92 Å². The van der Waals surface area contributed by atoms with Crippen molar-refractivity contribution in [3.63, 3.8) is 0 Å². The summed E-state index contributed by atoms with van der Waals surface area (Å²) in [6.07, 6.45) is -3.18. The van der Waals surface area contributed by atoms with E-state index in [0.717, 1.165) is 6.07 Å². The van der Waals surface area contributed by atoms with Crippen LogP contribution in [0.25, 0.3) is 10.9 Å². The predicted molar refractivity (Wildman–Crippen MR) is 75.2 cm³/mol. The number of nitrogens with one attached hydrogen (secondary N) is 2. The lowest BCUT2D eigenvalue weighted by Crippen LogP contribution is -2.45. The molecule has 0 aliphatic rings. The van der Waals surface area contributed by atoms with Gasteiger partial charge in [-0.3, -0.25) is 5.01 Å². The number of hydrogen-bond donors (Lipinski definition) is 2. The van der Waals surface area contributed by atoms with Crippen molar-refractivity contribution in [2.45, 2.75) is 13.1 Å². The first-order valence-corrected chi connectivity index (χ1v) is 6.44. The fourth-order valence-corrected chi connectivity index (χ4v) is 1.87. The Balaban J connectivity index is 2.37. The third-order valence-corrected chi connectivity index (χ3v) is 2.81. The highest BCUT2D eigenvalue weighted by Gasteiger charge is 2.32. The molecule has 0 aromatic carbocycles. The fraction of sp³-hybridized carbons (Fsp3) is 0.308. The van der Waals surface area contributed by atoms with E-state index in [1.165, 1.54) is 30.4 Å². The summed E-state index contributed by atoms with van der Waals surface area (Å²) >= 11 is 0. The zero-order chi connectivity index (χ0) is 16.3. The Bertz CT molecular complexity index is 689. The zero-order valence-electron chi connectivity index (χ0n) is 11.9. The Morgan fingerprint density at radius 1 is 1.32 bits per heavy atom. The van der Waals surface area contributed by atoms with Gasteiger partial charge in [0.25, 0.3) is 0 Å². The number of hydrazine groups is 1. The first-order chi connectivity index (χ1) is 10.3. The lowest BCUT2D eigenvalue weighted by Gasteiger charge is -2.20. The minimum atomic E-state index is -4.51. The number of pyridine rings is 2. The molecule has 2 heterocycles. The van der Waals surface area contributed by atoms with E-state index >= 15 is 0 Å². The quantitative estimate of drug-likeness (QED) is 0.853. The molecule has 2 rings (SSSR count). The van der Waals surface area contributed by atoms with Crippen LogP contribution < -0.4 is 15.8 Å². The summed E-state index contributed by atoms with van der Waals surface area (Å²) in [6, 6.07) is 3.11. The molecule has 0 saturated carbocycles. The fourth-order valence-electron chi connectivity index (χ4n) is 1.87. The van der Waals surface area contributed by atoms with Crippen molar-refractivity contribution in [2.24, 2.45) is 0 Å². The number of halogens is 3. The highest BCUT2D eigenvalue weighted by Crippen LogP contribution is 2.30. The van der Waals surface area contributed by atoms with Crippen LogP contribution >= 0.6 is 0 Å². The van der Waals surface area contributed by atoms with E-state index in [-0.39, 0.29) is 5.52 Å². The summed E-state index contributed by atoms with van der Waals surface area (Å²) < 4.78 is 38.0. The Hall–Kier alpha value is -2.58. The van der Waals surface area contributed by atoms with Gasteiger partial charge in [0.2, 0.25) is 0 Å². The van der Waals surface area contributed by atoms with Crippen LogP contribution in [0.2, 0.25) is 0 Å². The second-order valence-electron chi connectivity index (χ2n) is 4.43. The molecule has 0 radical (unpaired) electrons. The Labute approximate surface area is 124 Å². The van der Waals surface area contributed by atoms with E-state index in [2.05, 4.69) is 20.7 Å². The maximum atomic E-state index is 12.7. The van der Waals surface area contributed by atoms with Gasteiger partial charge in [-0.05, 0) is 25.1 Å². The van der Waals surface area contributed by atoms with E-state index < -0.39 is 17.9 Å². The van der Waals surface area contributed by atoms with E-state index in [0.29, 0.717) is 17.7 Å². The average Bonchev–Trinajstić information content (AvgIpc) is 2.45. The van der Waals surface area contributed by atoms with Crippen LogP contribution in [0.3, 0.4) is 0 Å². The summed E-state index contributed by atoms with van der Waals surface area (Å²) in [6.45, 7) is 2.21. The molecule has 22 heavy (non-hydrogen) atoms. The molecule has 2 aromatic rings. The van der Waals surface area contributed by atoms with Crippen molar-refractivity contribution in [2.75, 3.05) is 18.6 Å². The molecule has 0 unspecified atom stereocenters. The zero-order valence-corrected chi connectivity index (χ0v) is 11.9. The molecule has 0 bridgehead atoms. The number of urea groups is 1. The second kappa shape index (κ2) is 6.04. The highest BCUT2D eigenvalue weighted by atomic mass is 19.4. The van der Waals surface area contributed by atoms with Gasteiger partial charge in [-0.2, -0.15) is 13.2 Å². The molecule has 0 spiro atoms. The van der Waals surface area contributed by atoms with Crippen molar-refractivity contribution < 1.29 is 18.0 Å². The first kappa shape index (κ1) is 15.8. The third kappa shape index (κ3) is 3.35. The largest absolute Gasteiger partial charge is 0.433 e. The highest BCUT2D eigenvalue weighted by molar-refractivity contribution is 5.90. The van der Waals surface area contributed by atoms with Crippen molar-refractivity contribution in [1.29, 1.82) is 0 Å². The van der Waals surface area contributed by atoms with Crippen molar-refractivity contribution in [3.05, 3.63) is 30.1 Å². The summed E-state index contributed by atoms with van der Waals surface area (Å²) in [5, 5.41) is 4.26. The number of fused-ring (bicyclic) bond motifs is 1. The van der Waals surface area contributed by atoms with Gasteiger partial charge >= 0.3 is 12.2 Å². The number of aromatic nitrogens is 2. The smallest absolute Gasteiger partial charge is 0.337 e. The van der Waals surface area contributed by atoms with Crippen LogP contribution in [0.4, 0.5) is 23.8 Å². The van der Waals surface area contributed by atoms with Crippen LogP contribution in [0, 0.1) is 0 Å². The number of carbonyl (C=O) groups is 1. The average molecular weight is 313 g/mol. The molecule has 2 N–H and O–H groups in total. The predicted octanol–water partition coefficient (Wildman–Crippen LogP) is 2.32. The summed E-state index contributed by atoms with van der Waals surface area (Å²) in [4.78, 5) is 19.2. The van der Waals surface area contributed by atoms with Crippen LogP contribution in [0.5, 0.6) is 0 Å². The van der Waals surface area contributed by atoms with Crippen molar-refractivity contribution >= 4 is 22.8 Å². The van der Waals surface area contributed by atoms with Crippen molar-refractivity contribution in [1.82, 2.24) is 20.7 Å². The normalized spacial score (nSPS) is 11.3. The Kier molecular flexibility index (Phi) is 4.34. The van der Waals surface area contributed by atoms with Crippen molar-refractivity contribution in [3.8, 4) is 0 Å². The van der Waals surface area contributed by atoms with Gasteiger partial charge in [-0.15, -0.1) is 0 Å². The van der Waals surface area contributed by atoms with Gasteiger partial charge in [0.05, 0.1) is 5.52 Å². The molecule has 0 aliphatic carbocycles. The molecule has 6 nitrogen and oxygen atoms in total. The molecular formula is C13H14F3N5O. The molecular weight excluding hydrogens is 299 g/mol. The van der Waals surface area contributed by atoms with Crippen LogP contribution in [-0.4, -0.2) is 29.6 Å². The molecule has 118 valence electrons. The molecule has 2 aromatic heterocycles. The summed E-state index contributed by atoms with van der Waals surface area (Å²) in [5.74, 6) is 0.296. The number of amides is 2. The molecule has 9 heteroatoms. The molecule has 2 amide bonds. The summed E-state index contributed by atoms with van der Waals surface area (Å²) in [5.41, 5.74) is 1.67. The first-order valence-electron chi connectivity index (χ1n) is 6.44. The molecule has 0 saturated heterocycles.